The van der Waals surface area contributed by atoms with Crippen LogP contribution in [0.4, 0.5) is 12.0 Å². The summed E-state index contributed by atoms with van der Waals surface area (Å²) in [4.78, 5) is 2.14. The number of anilines is 2. The van der Waals surface area contributed by atoms with Crippen LogP contribution >= 0.6 is 0 Å². The number of nitrogens with two attached hydrogens (primary N) is 1. The van der Waals surface area contributed by atoms with Crippen LogP contribution < -0.4 is 10.6 Å². The maximum Gasteiger partial charge on any atom is 0.319 e. The number of hydrogen-bond acceptors (Lipinski definition) is 5. The molecule has 5 heteroatoms. The number of nitrogen functional groups attached to an aromatic ring is 1. The third-order valence-electron chi connectivity index (χ3n) is 2.52. The van der Waals surface area contributed by atoms with Crippen molar-refractivity contribution in [1.82, 2.24) is 10.2 Å². The lowest BCUT2D eigenvalue weighted by molar-refractivity contribution is 0.527. The first-order valence-electron chi connectivity index (χ1n) is 4.67. The molecule has 5 nitrogen and oxygen atoms in total. The molecule has 0 radical (unpaired) electrons. The van der Waals surface area contributed by atoms with Gasteiger partial charge in [0.15, 0.2) is 0 Å². The monoisotopic (exact) mass is 182 g/mol. The Kier molecular flexibility index (Phi) is 2.08. The molecule has 1 aromatic rings. The van der Waals surface area contributed by atoms with Gasteiger partial charge in [0.1, 0.15) is 0 Å². The summed E-state index contributed by atoms with van der Waals surface area (Å²) < 4.78 is 5.18. The van der Waals surface area contributed by atoms with Gasteiger partial charge in [0, 0.05) is 12.6 Å². The fourth-order valence-corrected chi connectivity index (χ4v) is 1.85. The van der Waals surface area contributed by atoms with Gasteiger partial charge in [-0.1, -0.05) is 17.1 Å². The molecule has 1 saturated heterocycles. The lowest BCUT2D eigenvalue weighted by Gasteiger charge is -2.20. The first kappa shape index (κ1) is 8.34. The molecule has 1 fully saturated rings. The molecule has 2 N–H and O–H groups in total. The second-order valence-electron chi connectivity index (χ2n) is 3.32. The second-order valence-corrected chi connectivity index (χ2v) is 3.32. The third-order valence-corrected chi connectivity index (χ3v) is 2.52. The molecular weight excluding hydrogens is 168 g/mol. The maximum atomic E-state index is 5.37. The molecule has 2 rings (SSSR count). The summed E-state index contributed by atoms with van der Waals surface area (Å²) in [5.74, 6) is 0. The quantitative estimate of drug-likeness (QED) is 0.739. The van der Waals surface area contributed by atoms with Crippen molar-refractivity contribution in [2.75, 3.05) is 17.2 Å². The summed E-state index contributed by atoms with van der Waals surface area (Å²) in [7, 11) is 0. The molecule has 0 aliphatic carbocycles. The van der Waals surface area contributed by atoms with E-state index >= 15 is 0 Å². The number of hydrogen-bond donors (Lipinski definition) is 1. The van der Waals surface area contributed by atoms with E-state index in [0.29, 0.717) is 12.1 Å². The molecule has 0 amide bonds. The highest BCUT2D eigenvalue weighted by Gasteiger charge is 2.26. The van der Waals surface area contributed by atoms with Crippen LogP contribution in [0, 0.1) is 0 Å². The molecule has 1 aliphatic heterocycles. The third kappa shape index (κ3) is 1.46. The van der Waals surface area contributed by atoms with Gasteiger partial charge >= 0.3 is 12.0 Å². The molecule has 0 saturated carbocycles. The van der Waals surface area contributed by atoms with Gasteiger partial charge in [-0.3, -0.25) is 0 Å². The highest BCUT2D eigenvalue weighted by molar-refractivity contribution is 5.31. The van der Waals surface area contributed by atoms with Gasteiger partial charge in [-0.15, -0.1) is 0 Å². The van der Waals surface area contributed by atoms with E-state index in [1.807, 2.05) is 0 Å². The Bertz CT molecular complexity index is 285. The van der Waals surface area contributed by atoms with Crippen LogP contribution in [-0.4, -0.2) is 22.8 Å². The van der Waals surface area contributed by atoms with Crippen LogP contribution in [0.25, 0.3) is 0 Å². The van der Waals surface area contributed by atoms with Gasteiger partial charge in [0.25, 0.3) is 0 Å². The van der Waals surface area contributed by atoms with E-state index in [1.54, 1.807) is 0 Å². The summed E-state index contributed by atoms with van der Waals surface area (Å²) in [5.41, 5.74) is 5.37. The van der Waals surface area contributed by atoms with Crippen LogP contribution in [0.3, 0.4) is 0 Å². The van der Waals surface area contributed by atoms with E-state index < -0.39 is 0 Å². The standard InChI is InChI=1S/C8H14N4O/c1-2-6-4-3-5-12(6)8-11-10-7(9)13-8/h6H,2-5H2,1H3,(H2,9,10). The Balaban J connectivity index is 2.15. The summed E-state index contributed by atoms with van der Waals surface area (Å²) in [5, 5.41) is 7.53. The van der Waals surface area contributed by atoms with E-state index in [2.05, 4.69) is 22.0 Å². The number of aromatic nitrogens is 2. The molecule has 72 valence electrons. The fraction of sp³-hybridized carbons (Fsp3) is 0.750. The summed E-state index contributed by atoms with van der Waals surface area (Å²) in [6, 6.07) is 1.26. The number of rotatable bonds is 2. The van der Waals surface area contributed by atoms with Crippen LogP contribution in [0.1, 0.15) is 26.2 Å². The Morgan fingerprint density at radius 2 is 2.46 bits per heavy atom. The minimum Gasteiger partial charge on any atom is -0.390 e. The average molecular weight is 182 g/mol. The molecule has 0 bridgehead atoms. The van der Waals surface area contributed by atoms with Crippen molar-refractivity contribution >= 4 is 12.0 Å². The zero-order valence-electron chi connectivity index (χ0n) is 7.73. The Labute approximate surface area is 76.9 Å². The molecule has 1 unspecified atom stereocenters. The highest BCUT2D eigenvalue weighted by atomic mass is 16.4. The molecule has 1 atom stereocenters. The van der Waals surface area contributed by atoms with E-state index in [1.165, 1.54) is 12.8 Å². The minimum absolute atomic E-state index is 0.150. The number of nitrogens with zero attached hydrogens (tertiary/aromatic N) is 3. The van der Waals surface area contributed by atoms with Crippen molar-refractivity contribution in [3.05, 3.63) is 0 Å². The predicted molar refractivity (Wildman–Crippen MR) is 49.4 cm³/mol. The topological polar surface area (TPSA) is 68.2 Å². The first-order chi connectivity index (χ1) is 6.31. The summed E-state index contributed by atoms with van der Waals surface area (Å²) in [6.45, 7) is 3.17. The van der Waals surface area contributed by atoms with Gasteiger partial charge in [-0.05, 0) is 19.3 Å². The van der Waals surface area contributed by atoms with E-state index in [9.17, 15) is 0 Å². The van der Waals surface area contributed by atoms with Gasteiger partial charge in [-0.25, -0.2) is 0 Å². The molecule has 13 heavy (non-hydrogen) atoms. The van der Waals surface area contributed by atoms with Crippen molar-refractivity contribution in [2.45, 2.75) is 32.2 Å². The van der Waals surface area contributed by atoms with Gasteiger partial charge < -0.3 is 15.1 Å². The molecule has 0 aromatic carbocycles. The Hall–Kier alpha value is -1.26. The highest BCUT2D eigenvalue weighted by Crippen LogP contribution is 2.26. The van der Waals surface area contributed by atoms with Crippen LogP contribution in [-0.2, 0) is 0 Å². The zero-order chi connectivity index (χ0) is 9.26. The fourth-order valence-electron chi connectivity index (χ4n) is 1.85. The zero-order valence-corrected chi connectivity index (χ0v) is 7.73. The summed E-state index contributed by atoms with van der Waals surface area (Å²) in [6.07, 6.45) is 3.52. The van der Waals surface area contributed by atoms with Gasteiger partial charge in [0.2, 0.25) is 0 Å². The van der Waals surface area contributed by atoms with Crippen molar-refractivity contribution in [2.24, 2.45) is 0 Å². The smallest absolute Gasteiger partial charge is 0.319 e. The van der Waals surface area contributed by atoms with Crippen molar-refractivity contribution in [1.29, 1.82) is 0 Å². The Morgan fingerprint density at radius 3 is 3.08 bits per heavy atom. The molecule has 1 aromatic heterocycles. The molecule has 2 heterocycles. The van der Waals surface area contributed by atoms with E-state index in [4.69, 9.17) is 10.2 Å². The van der Waals surface area contributed by atoms with Gasteiger partial charge in [-0.2, -0.15) is 0 Å². The molecular formula is C8H14N4O. The summed E-state index contributed by atoms with van der Waals surface area (Å²) >= 11 is 0. The lowest BCUT2D eigenvalue weighted by atomic mass is 10.2. The van der Waals surface area contributed by atoms with Crippen molar-refractivity contribution in [3.8, 4) is 0 Å². The van der Waals surface area contributed by atoms with E-state index in [-0.39, 0.29) is 6.01 Å². The largest absolute Gasteiger partial charge is 0.390 e. The van der Waals surface area contributed by atoms with Crippen LogP contribution in [0.2, 0.25) is 0 Å². The predicted octanol–water partition coefficient (Wildman–Crippen LogP) is 1.03. The molecule has 0 spiro atoms. The van der Waals surface area contributed by atoms with Crippen LogP contribution in [0.15, 0.2) is 4.42 Å². The second kappa shape index (κ2) is 3.24. The average Bonchev–Trinajstić information content (AvgIpc) is 2.71. The Morgan fingerprint density at radius 1 is 1.62 bits per heavy atom. The minimum atomic E-state index is 0.150. The maximum absolute atomic E-state index is 5.37. The SMILES string of the molecule is CCC1CCCN1c1nnc(N)o1. The lowest BCUT2D eigenvalue weighted by Crippen LogP contribution is -2.28. The van der Waals surface area contributed by atoms with Crippen LogP contribution in [0.5, 0.6) is 0 Å². The van der Waals surface area contributed by atoms with Crippen molar-refractivity contribution < 1.29 is 4.42 Å². The normalized spacial score (nSPS) is 22.5. The first-order valence-corrected chi connectivity index (χ1v) is 4.67. The van der Waals surface area contributed by atoms with Crippen molar-refractivity contribution in [3.63, 3.8) is 0 Å². The van der Waals surface area contributed by atoms with E-state index in [0.717, 1.165) is 13.0 Å². The van der Waals surface area contributed by atoms with Gasteiger partial charge in [0.05, 0.1) is 0 Å². The molecule has 1 aliphatic rings.